The minimum atomic E-state index is -0.734. The number of nitrogens with zero attached hydrogens (tertiary/aromatic N) is 1. The fourth-order valence-electron chi connectivity index (χ4n) is 1.07. The van der Waals surface area contributed by atoms with Gasteiger partial charge in [-0.15, -0.1) is 0 Å². The lowest BCUT2D eigenvalue weighted by Crippen LogP contribution is -2.21. The second-order valence-electron chi connectivity index (χ2n) is 3.00. The lowest BCUT2D eigenvalue weighted by atomic mass is 10.2. The first kappa shape index (κ1) is 11.5. The Labute approximate surface area is 91.2 Å². The van der Waals surface area contributed by atoms with E-state index >= 15 is 0 Å². The summed E-state index contributed by atoms with van der Waals surface area (Å²) in [6.45, 7) is 1.02. The third kappa shape index (κ3) is 3.55. The third-order valence-electron chi connectivity index (χ3n) is 1.74. The first-order chi connectivity index (χ1) is 6.99. The van der Waals surface area contributed by atoms with Crippen molar-refractivity contribution in [2.24, 2.45) is 0 Å². The number of carbonyl (C=O) groups is 1. The maximum absolute atomic E-state index is 11.1. The van der Waals surface area contributed by atoms with Crippen LogP contribution in [0.15, 0.2) is 18.2 Å². The molecule has 0 aliphatic heterocycles. The fraction of sp³-hybridized carbons (Fsp3) is 0.222. The monoisotopic (exact) mass is 228 g/mol. The number of halogens is 1. The third-order valence-corrected chi connectivity index (χ3v) is 1.97. The van der Waals surface area contributed by atoms with Crippen molar-refractivity contribution in [1.82, 2.24) is 0 Å². The molecule has 0 unspecified atom stereocenters. The van der Waals surface area contributed by atoms with Crippen molar-refractivity contribution in [3.8, 4) is 0 Å². The molecule has 0 heterocycles. The highest BCUT2D eigenvalue weighted by atomic mass is 35.5. The Bertz CT molecular complexity index is 406. The Morgan fingerprint density at radius 3 is 2.80 bits per heavy atom. The summed E-state index contributed by atoms with van der Waals surface area (Å²) >= 11 is 5.72. The number of carbonyl (C=O) groups excluding carboxylic acids is 1. The standard InChI is InChI=1S/C9H9ClN2O3/c1-6-4-7(10)2-3-8(6)11-9(13)5-12(14)15/h2-4H,5H2,1H3,(H,11,13). The quantitative estimate of drug-likeness (QED) is 0.634. The van der Waals surface area contributed by atoms with Crippen LogP contribution in [0.1, 0.15) is 5.56 Å². The SMILES string of the molecule is Cc1cc(Cl)ccc1NC(=O)C[N+](=O)[O-]. The van der Waals surface area contributed by atoms with Crippen LogP contribution >= 0.6 is 11.6 Å². The summed E-state index contributed by atoms with van der Waals surface area (Å²) in [4.78, 5) is 20.5. The first-order valence-electron chi connectivity index (χ1n) is 4.17. The number of nitro groups is 1. The molecule has 0 spiro atoms. The number of nitrogens with one attached hydrogen (secondary N) is 1. The van der Waals surface area contributed by atoms with Crippen LogP contribution in [0.3, 0.4) is 0 Å². The predicted molar refractivity (Wildman–Crippen MR) is 56.7 cm³/mol. The number of rotatable bonds is 3. The van der Waals surface area contributed by atoms with Crippen LogP contribution in [0.25, 0.3) is 0 Å². The molecular formula is C9H9ClN2O3. The zero-order chi connectivity index (χ0) is 11.4. The zero-order valence-electron chi connectivity index (χ0n) is 7.99. The van der Waals surface area contributed by atoms with E-state index in [1.165, 1.54) is 0 Å². The van der Waals surface area contributed by atoms with Crippen LogP contribution in [0, 0.1) is 17.0 Å². The van der Waals surface area contributed by atoms with Crippen LogP contribution in [0.4, 0.5) is 5.69 Å². The second-order valence-corrected chi connectivity index (χ2v) is 3.43. The molecule has 0 saturated heterocycles. The summed E-state index contributed by atoms with van der Waals surface area (Å²) in [7, 11) is 0. The van der Waals surface area contributed by atoms with E-state index in [-0.39, 0.29) is 0 Å². The number of aryl methyl sites for hydroxylation is 1. The number of amides is 1. The normalized spacial score (nSPS) is 9.73. The average Bonchev–Trinajstić information content (AvgIpc) is 2.08. The largest absolute Gasteiger partial charge is 0.320 e. The van der Waals surface area contributed by atoms with Crippen molar-refractivity contribution < 1.29 is 9.72 Å². The molecule has 80 valence electrons. The molecule has 1 rings (SSSR count). The van der Waals surface area contributed by atoms with Gasteiger partial charge in [-0.05, 0) is 30.7 Å². The summed E-state index contributed by atoms with van der Waals surface area (Å²) in [5.41, 5.74) is 1.30. The average molecular weight is 229 g/mol. The highest BCUT2D eigenvalue weighted by Gasteiger charge is 2.10. The van der Waals surface area contributed by atoms with Crippen molar-refractivity contribution in [1.29, 1.82) is 0 Å². The van der Waals surface area contributed by atoms with E-state index in [1.807, 2.05) is 0 Å². The van der Waals surface area contributed by atoms with E-state index in [4.69, 9.17) is 11.6 Å². The van der Waals surface area contributed by atoms with Crippen LogP contribution in [0.5, 0.6) is 0 Å². The van der Waals surface area contributed by atoms with Gasteiger partial charge in [0.1, 0.15) is 0 Å². The Morgan fingerprint density at radius 2 is 2.27 bits per heavy atom. The molecule has 0 radical (unpaired) electrons. The highest BCUT2D eigenvalue weighted by molar-refractivity contribution is 6.30. The molecular weight excluding hydrogens is 220 g/mol. The van der Waals surface area contributed by atoms with E-state index in [2.05, 4.69) is 5.32 Å². The zero-order valence-corrected chi connectivity index (χ0v) is 8.75. The molecule has 0 atom stereocenters. The van der Waals surface area contributed by atoms with E-state index in [0.29, 0.717) is 10.7 Å². The molecule has 0 saturated carbocycles. The molecule has 1 aromatic carbocycles. The van der Waals surface area contributed by atoms with Gasteiger partial charge < -0.3 is 5.32 Å². The lowest BCUT2D eigenvalue weighted by molar-refractivity contribution is -0.467. The smallest absolute Gasteiger partial charge is 0.296 e. The summed E-state index contributed by atoms with van der Waals surface area (Å²) in [6, 6.07) is 4.88. The van der Waals surface area contributed by atoms with Crippen molar-refractivity contribution in [2.45, 2.75) is 6.92 Å². The number of anilines is 1. The van der Waals surface area contributed by atoms with E-state index < -0.39 is 17.4 Å². The van der Waals surface area contributed by atoms with E-state index in [9.17, 15) is 14.9 Å². The molecule has 0 aliphatic carbocycles. The number of hydrogen-bond donors (Lipinski definition) is 1. The van der Waals surface area contributed by atoms with Gasteiger partial charge >= 0.3 is 0 Å². The minimum Gasteiger partial charge on any atom is -0.320 e. The Morgan fingerprint density at radius 1 is 1.60 bits per heavy atom. The number of hydrogen-bond acceptors (Lipinski definition) is 3. The summed E-state index contributed by atoms with van der Waals surface area (Å²) < 4.78 is 0. The second kappa shape index (κ2) is 4.75. The van der Waals surface area contributed by atoms with Gasteiger partial charge in [0.05, 0.1) is 0 Å². The van der Waals surface area contributed by atoms with Crippen molar-refractivity contribution in [2.75, 3.05) is 11.9 Å². The van der Waals surface area contributed by atoms with Gasteiger partial charge in [-0.2, -0.15) is 0 Å². The summed E-state index contributed by atoms with van der Waals surface area (Å²) in [5, 5.41) is 13.0. The van der Waals surface area contributed by atoms with Crippen LogP contribution in [-0.2, 0) is 4.79 Å². The first-order valence-corrected chi connectivity index (χ1v) is 4.54. The molecule has 0 fully saturated rings. The maximum Gasteiger partial charge on any atom is 0.296 e. The molecule has 0 bridgehead atoms. The van der Waals surface area contributed by atoms with Crippen LogP contribution in [0.2, 0.25) is 5.02 Å². The topological polar surface area (TPSA) is 72.2 Å². The molecule has 0 aromatic heterocycles. The van der Waals surface area contributed by atoms with Gasteiger partial charge in [0.15, 0.2) is 0 Å². The Kier molecular flexibility index (Phi) is 3.62. The molecule has 1 aromatic rings. The molecule has 6 heteroatoms. The Balaban J connectivity index is 2.72. The molecule has 5 nitrogen and oxygen atoms in total. The summed E-state index contributed by atoms with van der Waals surface area (Å²) in [6.07, 6.45) is 0. The van der Waals surface area contributed by atoms with Gasteiger partial charge in [0.25, 0.3) is 12.5 Å². The van der Waals surface area contributed by atoms with Crippen molar-refractivity contribution >= 4 is 23.2 Å². The van der Waals surface area contributed by atoms with Gasteiger partial charge in [-0.3, -0.25) is 14.9 Å². The molecule has 0 aliphatic rings. The lowest BCUT2D eigenvalue weighted by Gasteiger charge is -2.06. The number of benzene rings is 1. The molecule has 15 heavy (non-hydrogen) atoms. The van der Waals surface area contributed by atoms with E-state index in [0.717, 1.165) is 5.56 Å². The van der Waals surface area contributed by atoms with Gasteiger partial charge in [-0.25, -0.2) is 0 Å². The highest BCUT2D eigenvalue weighted by Crippen LogP contribution is 2.19. The predicted octanol–water partition coefficient (Wildman–Crippen LogP) is 1.86. The maximum atomic E-state index is 11.1. The van der Waals surface area contributed by atoms with Crippen molar-refractivity contribution in [3.05, 3.63) is 38.9 Å². The molecule has 1 amide bonds. The fourth-order valence-corrected chi connectivity index (χ4v) is 1.30. The molecule has 1 N–H and O–H groups in total. The van der Waals surface area contributed by atoms with Crippen LogP contribution < -0.4 is 5.32 Å². The van der Waals surface area contributed by atoms with Crippen LogP contribution in [-0.4, -0.2) is 17.4 Å². The summed E-state index contributed by atoms with van der Waals surface area (Å²) in [5.74, 6) is -0.648. The van der Waals surface area contributed by atoms with Gasteiger partial charge in [-0.1, -0.05) is 11.6 Å². The van der Waals surface area contributed by atoms with Crippen molar-refractivity contribution in [3.63, 3.8) is 0 Å². The Hall–Kier alpha value is -1.62. The minimum absolute atomic E-state index is 0.534. The van der Waals surface area contributed by atoms with Gasteiger partial charge in [0.2, 0.25) is 0 Å². The van der Waals surface area contributed by atoms with E-state index in [1.54, 1.807) is 25.1 Å². The van der Waals surface area contributed by atoms with Gasteiger partial charge in [0, 0.05) is 15.6 Å².